The Hall–Kier alpha value is -1.66. The summed E-state index contributed by atoms with van der Waals surface area (Å²) in [6.45, 7) is 1.86. The summed E-state index contributed by atoms with van der Waals surface area (Å²) in [7, 11) is 1.41. The molecule has 0 aromatic heterocycles. The van der Waals surface area contributed by atoms with Gasteiger partial charge in [0.2, 0.25) is 0 Å². The molecule has 0 spiro atoms. The van der Waals surface area contributed by atoms with Crippen molar-refractivity contribution in [2.45, 2.75) is 12.6 Å². The second-order valence-electron chi connectivity index (χ2n) is 4.11. The van der Waals surface area contributed by atoms with Gasteiger partial charge in [-0.05, 0) is 11.6 Å². The fourth-order valence-corrected chi connectivity index (χ4v) is 1.91. The lowest BCUT2D eigenvalue weighted by Gasteiger charge is -2.35. The molecule has 0 saturated carbocycles. The Morgan fingerprint density at radius 3 is 2.82 bits per heavy atom. The maximum atomic E-state index is 10.8. The summed E-state index contributed by atoms with van der Waals surface area (Å²) in [6.07, 6.45) is -0.261. The van der Waals surface area contributed by atoms with E-state index < -0.39 is 4.92 Å². The summed E-state index contributed by atoms with van der Waals surface area (Å²) in [5, 5.41) is 20.0. The van der Waals surface area contributed by atoms with Crippen LogP contribution in [0.4, 0.5) is 5.69 Å². The molecule has 0 bridgehead atoms. The summed E-state index contributed by atoms with van der Waals surface area (Å²) in [5.41, 5.74) is 0.829. The Kier molecular flexibility index (Phi) is 3.26. The summed E-state index contributed by atoms with van der Waals surface area (Å²) in [4.78, 5) is 12.4. The Morgan fingerprint density at radius 1 is 1.59 bits per heavy atom. The second kappa shape index (κ2) is 4.68. The third-order valence-corrected chi connectivity index (χ3v) is 2.78. The van der Waals surface area contributed by atoms with Crippen molar-refractivity contribution >= 4 is 5.69 Å². The van der Waals surface area contributed by atoms with Gasteiger partial charge in [-0.2, -0.15) is 0 Å². The third kappa shape index (κ3) is 2.54. The third-order valence-electron chi connectivity index (χ3n) is 2.78. The molecule has 1 aliphatic rings. The van der Waals surface area contributed by atoms with Crippen LogP contribution in [-0.2, 0) is 6.54 Å². The summed E-state index contributed by atoms with van der Waals surface area (Å²) in [5.74, 6) is 0.266. The molecule has 6 heteroatoms. The fraction of sp³-hybridized carbons (Fsp3) is 0.455. The molecular weight excluding hydrogens is 224 g/mol. The first-order valence-electron chi connectivity index (χ1n) is 5.32. The number of β-amino-alcohol motifs (C(OH)–C–C–N with tert-alkyl or cyclic N) is 1. The number of methoxy groups -OCH3 is 1. The number of benzene rings is 1. The molecule has 0 atom stereocenters. The Labute approximate surface area is 98.6 Å². The van der Waals surface area contributed by atoms with Crippen LogP contribution in [0.3, 0.4) is 0 Å². The predicted octanol–water partition coefficient (Wildman–Crippen LogP) is 0.780. The highest BCUT2D eigenvalue weighted by atomic mass is 16.6. The van der Waals surface area contributed by atoms with Gasteiger partial charge in [0.15, 0.2) is 5.75 Å². The zero-order valence-corrected chi connectivity index (χ0v) is 9.50. The van der Waals surface area contributed by atoms with Crippen LogP contribution in [-0.4, -0.2) is 41.2 Å². The first-order chi connectivity index (χ1) is 8.10. The van der Waals surface area contributed by atoms with Crippen LogP contribution >= 0.6 is 0 Å². The number of rotatable bonds is 4. The Bertz CT molecular complexity index is 429. The van der Waals surface area contributed by atoms with E-state index in [0.29, 0.717) is 19.6 Å². The standard InChI is InChI=1S/C11H14N2O4/c1-17-11-3-2-8(4-10(11)13(15)16)5-12-6-9(14)7-12/h2-4,9,14H,5-7H2,1H3. The van der Waals surface area contributed by atoms with E-state index in [1.54, 1.807) is 12.1 Å². The molecule has 6 nitrogen and oxygen atoms in total. The van der Waals surface area contributed by atoms with Gasteiger partial charge < -0.3 is 9.84 Å². The number of nitro benzene ring substituents is 1. The first-order valence-corrected chi connectivity index (χ1v) is 5.32. The van der Waals surface area contributed by atoms with Gasteiger partial charge in [-0.1, -0.05) is 6.07 Å². The molecule has 1 fully saturated rings. The number of aliphatic hydroxyl groups is 1. The zero-order valence-electron chi connectivity index (χ0n) is 9.50. The van der Waals surface area contributed by atoms with E-state index in [4.69, 9.17) is 9.84 Å². The largest absolute Gasteiger partial charge is 0.490 e. The number of ether oxygens (including phenoxy) is 1. The fourth-order valence-electron chi connectivity index (χ4n) is 1.91. The minimum Gasteiger partial charge on any atom is -0.490 e. The van der Waals surface area contributed by atoms with E-state index in [0.717, 1.165) is 5.56 Å². The summed E-state index contributed by atoms with van der Waals surface area (Å²) >= 11 is 0. The highest BCUT2D eigenvalue weighted by Gasteiger charge is 2.25. The lowest BCUT2D eigenvalue weighted by atomic mass is 10.1. The van der Waals surface area contributed by atoms with E-state index >= 15 is 0 Å². The maximum absolute atomic E-state index is 10.8. The van der Waals surface area contributed by atoms with Crippen LogP contribution < -0.4 is 4.74 Å². The molecule has 1 N–H and O–H groups in total. The molecule has 2 rings (SSSR count). The van der Waals surface area contributed by atoms with Crippen molar-refractivity contribution in [3.8, 4) is 5.75 Å². The Morgan fingerprint density at radius 2 is 2.29 bits per heavy atom. The van der Waals surface area contributed by atoms with Crippen LogP contribution in [0.5, 0.6) is 5.75 Å². The first kappa shape index (κ1) is 11.8. The van der Waals surface area contributed by atoms with E-state index in [9.17, 15) is 10.1 Å². The van der Waals surface area contributed by atoms with Gasteiger partial charge in [-0.3, -0.25) is 15.0 Å². The van der Waals surface area contributed by atoms with Crippen molar-refractivity contribution in [3.05, 3.63) is 33.9 Å². The summed E-state index contributed by atoms with van der Waals surface area (Å²) < 4.78 is 4.93. The van der Waals surface area contributed by atoms with Gasteiger partial charge in [-0.15, -0.1) is 0 Å². The van der Waals surface area contributed by atoms with Crippen molar-refractivity contribution in [2.24, 2.45) is 0 Å². The molecular formula is C11H14N2O4. The predicted molar refractivity (Wildman–Crippen MR) is 60.9 cm³/mol. The highest BCUT2D eigenvalue weighted by Crippen LogP contribution is 2.28. The van der Waals surface area contributed by atoms with E-state index in [-0.39, 0.29) is 17.5 Å². The second-order valence-corrected chi connectivity index (χ2v) is 4.11. The normalized spacial score (nSPS) is 16.6. The molecule has 1 aromatic rings. The average molecular weight is 238 g/mol. The van der Waals surface area contributed by atoms with E-state index in [2.05, 4.69) is 0 Å². The Balaban J connectivity index is 2.13. The monoisotopic (exact) mass is 238 g/mol. The molecule has 0 unspecified atom stereocenters. The average Bonchev–Trinajstić information content (AvgIpc) is 2.27. The van der Waals surface area contributed by atoms with E-state index in [1.807, 2.05) is 4.90 Å². The van der Waals surface area contributed by atoms with Gasteiger partial charge in [-0.25, -0.2) is 0 Å². The minimum atomic E-state index is -0.451. The van der Waals surface area contributed by atoms with Gasteiger partial charge in [0, 0.05) is 25.7 Å². The smallest absolute Gasteiger partial charge is 0.311 e. The molecule has 1 heterocycles. The quantitative estimate of drug-likeness (QED) is 0.619. The van der Waals surface area contributed by atoms with Gasteiger partial charge >= 0.3 is 5.69 Å². The number of nitro groups is 1. The number of hydrogen-bond acceptors (Lipinski definition) is 5. The van der Waals surface area contributed by atoms with Crippen LogP contribution in [0, 0.1) is 10.1 Å². The maximum Gasteiger partial charge on any atom is 0.311 e. The molecule has 1 saturated heterocycles. The summed E-state index contributed by atoms with van der Waals surface area (Å²) in [6, 6.07) is 4.92. The lowest BCUT2D eigenvalue weighted by molar-refractivity contribution is -0.385. The molecule has 0 aliphatic carbocycles. The lowest BCUT2D eigenvalue weighted by Crippen LogP contribution is -2.49. The van der Waals surface area contributed by atoms with Crippen LogP contribution in [0.2, 0.25) is 0 Å². The van der Waals surface area contributed by atoms with Crippen molar-refractivity contribution < 1.29 is 14.8 Å². The molecule has 1 aliphatic heterocycles. The minimum absolute atomic E-state index is 0.0222. The van der Waals surface area contributed by atoms with Crippen LogP contribution in [0.15, 0.2) is 18.2 Å². The molecule has 92 valence electrons. The van der Waals surface area contributed by atoms with Crippen molar-refractivity contribution in [1.29, 1.82) is 0 Å². The van der Waals surface area contributed by atoms with Gasteiger partial charge in [0.1, 0.15) is 0 Å². The van der Waals surface area contributed by atoms with Gasteiger partial charge in [0.25, 0.3) is 0 Å². The van der Waals surface area contributed by atoms with Gasteiger partial charge in [0.05, 0.1) is 18.1 Å². The topological polar surface area (TPSA) is 75.8 Å². The molecule has 1 aromatic carbocycles. The number of aliphatic hydroxyl groups excluding tert-OH is 1. The molecule has 17 heavy (non-hydrogen) atoms. The number of likely N-dealkylation sites (tertiary alicyclic amines) is 1. The van der Waals surface area contributed by atoms with Crippen molar-refractivity contribution in [3.63, 3.8) is 0 Å². The van der Waals surface area contributed by atoms with Crippen LogP contribution in [0.25, 0.3) is 0 Å². The number of nitrogens with zero attached hydrogens (tertiary/aromatic N) is 2. The molecule has 0 amide bonds. The van der Waals surface area contributed by atoms with Crippen LogP contribution in [0.1, 0.15) is 5.56 Å². The zero-order chi connectivity index (χ0) is 12.4. The SMILES string of the molecule is COc1ccc(CN2CC(O)C2)cc1[N+](=O)[O-]. The highest BCUT2D eigenvalue weighted by molar-refractivity contribution is 5.48. The van der Waals surface area contributed by atoms with E-state index in [1.165, 1.54) is 13.2 Å². The van der Waals surface area contributed by atoms with Crippen molar-refractivity contribution in [2.75, 3.05) is 20.2 Å². The number of hydrogen-bond donors (Lipinski definition) is 1. The van der Waals surface area contributed by atoms with Crippen molar-refractivity contribution in [1.82, 2.24) is 4.90 Å². The molecule has 0 radical (unpaired) electrons.